The Kier molecular flexibility index (Phi) is 4.86. The van der Waals surface area contributed by atoms with E-state index in [1.165, 1.54) is 3.59 Å². The summed E-state index contributed by atoms with van der Waals surface area (Å²) in [5, 5.41) is 9.38. The number of aliphatic hydroxyl groups excluding tert-OH is 1. The van der Waals surface area contributed by atoms with Crippen molar-refractivity contribution in [2.45, 2.75) is 14.8 Å². The molecular formula is C13H20O2Sn. The fraction of sp³-hybridized carbons (Fsp3) is 0.385. The molecule has 88 valence electrons. The Balaban J connectivity index is 2.96. The van der Waals surface area contributed by atoms with Gasteiger partial charge in [-0.05, 0) is 0 Å². The van der Waals surface area contributed by atoms with Gasteiger partial charge in [0.15, 0.2) is 0 Å². The van der Waals surface area contributed by atoms with E-state index in [1.54, 1.807) is 7.11 Å². The van der Waals surface area contributed by atoms with Gasteiger partial charge in [-0.15, -0.1) is 0 Å². The average molecular weight is 327 g/mol. The minimum absolute atomic E-state index is 0.186. The molecular weight excluding hydrogens is 307 g/mol. The van der Waals surface area contributed by atoms with Crippen LogP contribution >= 0.6 is 0 Å². The van der Waals surface area contributed by atoms with Crippen molar-refractivity contribution in [2.24, 2.45) is 0 Å². The van der Waals surface area contributed by atoms with Gasteiger partial charge < -0.3 is 0 Å². The third kappa shape index (κ3) is 3.83. The second kappa shape index (κ2) is 5.73. The van der Waals surface area contributed by atoms with Gasteiger partial charge in [0.25, 0.3) is 0 Å². The molecule has 1 N–H and O–H groups in total. The van der Waals surface area contributed by atoms with Crippen molar-refractivity contribution in [3.8, 4) is 5.75 Å². The van der Waals surface area contributed by atoms with E-state index in [0.29, 0.717) is 0 Å². The second-order valence-corrected chi connectivity index (χ2v) is 19.5. The first-order valence-corrected chi connectivity index (χ1v) is 15.4. The average Bonchev–Trinajstić information content (AvgIpc) is 2.25. The van der Waals surface area contributed by atoms with Crippen molar-refractivity contribution in [2.75, 3.05) is 13.7 Å². The van der Waals surface area contributed by atoms with Gasteiger partial charge in [-0.2, -0.15) is 0 Å². The molecule has 1 rings (SSSR count). The van der Waals surface area contributed by atoms with E-state index in [0.717, 1.165) is 11.3 Å². The Morgan fingerprint density at radius 3 is 2.19 bits per heavy atom. The number of methoxy groups -OCH3 is 1. The number of aliphatic hydroxyl groups is 1. The number of ether oxygens (including phenoxy) is 1. The van der Waals surface area contributed by atoms with Crippen molar-refractivity contribution in [3.05, 3.63) is 33.4 Å². The molecule has 0 aliphatic heterocycles. The van der Waals surface area contributed by atoms with Crippen molar-refractivity contribution in [3.63, 3.8) is 0 Å². The Morgan fingerprint density at radius 1 is 1.25 bits per heavy atom. The number of rotatable bonds is 4. The van der Waals surface area contributed by atoms with E-state index in [4.69, 9.17) is 4.74 Å². The van der Waals surface area contributed by atoms with Gasteiger partial charge in [0, 0.05) is 0 Å². The molecule has 3 heteroatoms. The molecule has 0 amide bonds. The van der Waals surface area contributed by atoms with Crippen LogP contribution in [0.1, 0.15) is 5.56 Å². The van der Waals surface area contributed by atoms with Crippen LogP contribution in [-0.4, -0.2) is 37.2 Å². The first-order valence-electron chi connectivity index (χ1n) is 5.43. The van der Waals surface area contributed by atoms with Crippen molar-refractivity contribution in [1.29, 1.82) is 0 Å². The molecule has 2 nitrogen and oxygen atoms in total. The summed E-state index contributed by atoms with van der Waals surface area (Å²) in [6.07, 6.45) is 2.12. The van der Waals surface area contributed by atoms with Crippen LogP contribution in [0.2, 0.25) is 14.8 Å². The predicted molar refractivity (Wildman–Crippen MR) is 71.4 cm³/mol. The molecule has 0 atom stereocenters. The molecule has 0 unspecified atom stereocenters. The third-order valence-electron chi connectivity index (χ3n) is 2.59. The van der Waals surface area contributed by atoms with E-state index in [1.807, 2.05) is 24.3 Å². The van der Waals surface area contributed by atoms with Crippen molar-refractivity contribution >= 4 is 24.5 Å². The Hall–Kier alpha value is -0.481. The molecule has 0 radical (unpaired) electrons. The fourth-order valence-corrected chi connectivity index (χ4v) is 4.47. The van der Waals surface area contributed by atoms with Gasteiger partial charge in [0.1, 0.15) is 0 Å². The summed E-state index contributed by atoms with van der Waals surface area (Å²) in [7, 11) is 1.66. The van der Waals surface area contributed by atoms with Crippen molar-refractivity contribution < 1.29 is 9.84 Å². The fourth-order valence-electron chi connectivity index (χ4n) is 1.40. The van der Waals surface area contributed by atoms with Crippen LogP contribution in [0.15, 0.2) is 27.9 Å². The molecule has 1 aromatic carbocycles. The third-order valence-corrected chi connectivity index (χ3v) is 8.95. The zero-order chi connectivity index (χ0) is 12.2. The normalized spacial score (nSPS) is 12.7. The number of benzene rings is 1. The quantitative estimate of drug-likeness (QED) is 0.862. The van der Waals surface area contributed by atoms with Gasteiger partial charge in [-0.3, -0.25) is 0 Å². The molecule has 0 aromatic heterocycles. The molecule has 0 bridgehead atoms. The van der Waals surface area contributed by atoms with Crippen LogP contribution in [0.4, 0.5) is 0 Å². The first-order chi connectivity index (χ1) is 7.47. The van der Waals surface area contributed by atoms with E-state index < -0.39 is 18.4 Å². The van der Waals surface area contributed by atoms with Crippen LogP contribution in [0.3, 0.4) is 0 Å². The molecule has 0 saturated heterocycles. The van der Waals surface area contributed by atoms with Gasteiger partial charge in [-0.1, -0.05) is 0 Å². The summed E-state index contributed by atoms with van der Waals surface area (Å²) in [4.78, 5) is 6.92. The predicted octanol–water partition coefficient (Wildman–Crippen LogP) is 2.95. The molecule has 0 heterocycles. The summed E-state index contributed by atoms with van der Waals surface area (Å²) in [6, 6.07) is 7.93. The molecule has 16 heavy (non-hydrogen) atoms. The van der Waals surface area contributed by atoms with Crippen LogP contribution in [-0.2, 0) is 0 Å². The van der Waals surface area contributed by atoms with Crippen molar-refractivity contribution in [1.82, 2.24) is 0 Å². The molecule has 0 aliphatic carbocycles. The van der Waals surface area contributed by atoms with E-state index in [9.17, 15) is 5.11 Å². The SMILES string of the molecule is COc1ccc(/C=[C](/CO)[Sn]([CH3])([CH3])[CH3])cc1. The van der Waals surface area contributed by atoms with Crippen LogP contribution in [0, 0.1) is 0 Å². The van der Waals surface area contributed by atoms with E-state index >= 15 is 0 Å². The van der Waals surface area contributed by atoms with E-state index in [2.05, 4.69) is 20.9 Å². The van der Waals surface area contributed by atoms with Gasteiger partial charge in [0.2, 0.25) is 0 Å². The maximum atomic E-state index is 9.38. The summed E-state index contributed by atoms with van der Waals surface area (Å²) in [5.41, 5.74) is 1.14. The van der Waals surface area contributed by atoms with E-state index in [-0.39, 0.29) is 6.61 Å². The molecule has 0 aliphatic rings. The molecule has 0 fully saturated rings. The summed E-state index contributed by atoms with van der Waals surface area (Å²) >= 11 is -2.13. The molecule has 0 saturated carbocycles. The monoisotopic (exact) mass is 328 g/mol. The van der Waals surface area contributed by atoms with Crippen LogP contribution in [0.5, 0.6) is 5.75 Å². The summed E-state index contributed by atoms with van der Waals surface area (Å²) in [5.74, 6) is 0.863. The van der Waals surface area contributed by atoms with Gasteiger partial charge in [-0.25, -0.2) is 0 Å². The first kappa shape index (κ1) is 13.6. The Morgan fingerprint density at radius 2 is 1.81 bits per heavy atom. The summed E-state index contributed by atoms with van der Waals surface area (Å²) in [6.45, 7) is 0.186. The summed E-state index contributed by atoms with van der Waals surface area (Å²) < 4.78 is 6.35. The van der Waals surface area contributed by atoms with Gasteiger partial charge >= 0.3 is 102 Å². The van der Waals surface area contributed by atoms with Crippen LogP contribution < -0.4 is 4.74 Å². The second-order valence-electron chi connectivity index (χ2n) is 4.85. The Labute approximate surface area is 102 Å². The zero-order valence-electron chi connectivity index (χ0n) is 10.4. The number of hydrogen-bond donors (Lipinski definition) is 1. The Bertz CT molecular complexity index is 361. The molecule has 1 aromatic rings. The topological polar surface area (TPSA) is 29.5 Å². The minimum atomic E-state index is -2.13. The number of hydrogen-bond acceptors (Lipinski definition) is 2. The van der Waals surface area contributed by atoms with Gasteiger partial charge in [0.05, 0.1) is 0 Å². The maximum absolute atomic E-state index is 9.38. The standard InChI is InChI=1S/C10H11O2.3CH3.Sn/c1-12-10-6-4-9(5-7-10)3-2-8-11;;;;/h3-7,11H,8H2,1H3;3*1H3;. The molecule has 0 spiro atoms. The zero-order valence-corrected chi connectivity index (χ0v) is 13.3. The van der Waals surface area contributed by atoms with Crippen LogP contribution in [0.25, 0.3) is 6.08 Å².